The minimum absolute atomic E-state index is 0.0935. The van der Waals surface area contributed by atoms with Gasteiger partial charge in [-0.2, -0.15) is 0 Å². The third-order valence-corrected chi connectivity index (χ3v) is 4.80. The van der Waals surface area contributed by atoms with Crippen LogP contribution in [0.5, 0.6) is 0 Å². The maximum atomic E-state index is 13.1. The molecule has 0 aromatic carbocycles. The monoisotopic (exact) mass is 376 g/mol. The van der Waals surface area contributed by atoms with Crippen LogP contribution in [0.3, 0.4) is 0 Å². The van der Waals surface area contributed by atoms with Crippen LogP contribution in [-0.4, -0.2) is 51.1 Å². The van der Waals surface area contributed by atoms with Crippen LogP contribution in [0.15, 0.2) is 33.9 Å². The van der Waals surface area contributed by atoms with Gasteiger partial charge >= 0.3 is 0 Å². The maximum absolute atomic E-state index is 13.1. The fourth-order valence-corrected chi connectivity index (χ4v) is 3.27. The Hall–Kier alpha value is -2.52. The highest BCUT2D eigenvalue weighted by Crippen LogP contribution is 2.27. The van der Waals surface area contributed by atoms with Crippen molar-refractivity contribution in [1.29, 1.82) is 0 Å². The number of aliphatic hydroxyl groups excluding tert-OH is 1. The van der Waals surface area contributed by atoms with E-state index < -0.39 is 5.82 Å². The molecule has 26 heavy (non-hydrogen) atoms. The van der Waals surface area contributed by atoms with Crippen LogP contribution < -0.4 is 5.32 Å². The highest BCUT2D eigenvalue weighted by molar-refractivity contribution is 8.15. The molecule has 9 heteroatoms. The molecule has 0 radical (unpaired) electrons. The third-order valence-electron chi connectivity index (χ3n) is 3.65. The van der Waals surface area contributed by atoms with Crippen molar-refractivity contribution in [2.45, 2.75) is 12.2 Å². The van der Waals surface area contributed by atoms with Crippen molar-refractivity contribution in [3.05, 3.63) is 41.5 Å². The number of hydrogen-bond acceptors (Lipinski definition) is 7. The van der Waals surface area contributed by atoms with Crippen molar-refractivity contribution >= 4 is 28.8 Å². The van der Waals surface area contributed by atoms with Gasteiger partial charge in [0, 0.05) is 12.1 Å². The van der Waals surface area contributed by atoms with E-state index in [1.54, 1.807) is 19.1 Å². The summed E-state index contributed by atoms with van der Waals surface area (Å²) < 4.78 is 18.3. The van der Waals surface area contributed by atoms with Gasteiger partial charge in [-0.25, -0.2) is 4.39 Å². The second kappa shape index (κ2) is 8.24. The van der Waals surface area contributed by atoms with Gasteiger partial charge in [0.25, 0.3) is 0 Å². The molecule has 7 nitrogen and oxygen atoms in total. The first-order valence-electron chi connectivity index (χ1n) is 7.94. The Kier molecular flexibility index (Phi) is 5.79. The Balaban J connectivity index is 1.71. The van der Waals surface area contributed by atoms with Crippen LogP contribution in [0.25, 0.3) is 17.5 Å². The van der Waals surface area contributed by atoms with Gasteiger partial charge in [0.2, 0.25) is 5.91 Å². The van der Waals surface area contributed by atoms with Gasteiger partial charge in [-0.15, -0.1) is 0 Å². The van der Waals surface area contributed by atoms with E-state index in [9.17, 15) is 9.18 Å². The molecule has 0 fully saturated rings. The second-order valence-electron chi connectivity index (χ2n) is 5.50. The van der Waals surface area contributed by atoms with E-state index in [0.29, 0.717) is 28.7 Å². The van der Waals surface area contributed by atoms with Gasteiger partial charge in [-0.05, 0) is 31.2 Å². The van der Waals surface area contributed by atoms with Gasteiger partial charge in [0.1, 0.15) is 22.5 Å². The Labute approximate surface area is 153 Å². The van der Waals surface area contributed by atoms with E-state index in [4.69, 9.17) is 9.63 Å². The lowest BCUT2D eigenvalue weighted by atomic mass is 10.1. The molecule has 136 valence electrons. The number of rotatable bonds is 6. The van der Waals surface area contributed by atoms with Crippen molar-refractivity contribution in [3.63, 3.8) is 0 Å². The average Bonchev–Trinajstić information content (AvgIpc) is 3.25. The summed E-state index contributed by atoms with van der Waals surface area (Å²) in [6.07, 6.45) is 4.71. The lowest BCUT2D eigenvalue weighted by Crippen LogP contribution is -2.35. The number of nitrogens with zero attached hydrogens (tertiary/aromatic N) is 3. The number of amides is 1. The maximum Gasteiger partial charge on any atom is 0.235 e. The molecule has 0 aliphatic carbocycles. The van der Waals surface area contributed by atoms with E-state index >= 15 is 0 Å². The van der Waals surface area contributed by atoms with Crippen molar-refractivity contribution in [2.24, 2.45) is 4.99 Å². The Morgan fingerprint density at radius 3 is 3.08 bits per heavy atom. The molecule has 0 saturated heterocycles. The quantitative estimate of drug-likeness (QED) is 0.798. The smallest absolute Gasteiger partial charge is 0.235 e. The molecule has 1 aliphatic rings. The standard InChI is InChI=1S/C17H17FN4O3S/c1-10-12(16(22-25-10)13-4-2-11(18)8-20-13)3-5-15-21-9-14(26-15)17(24)19-6-7-23/h2-5,8,14,23H,6-7,9H2,1H3,(H,19,24)/b5-3+. The number of nitrogens with one attached hydrogen (secondary N) is 1. The molecule has 1 atom stereocenters. The number of aromatic nitrogens is 2. The van der Waals surface area contributed by atoms with Gasteiger partial charge in [0.05, 0.1) is 30.1 Å². The second-order valence-corrected chi connectivity index (χ2v) is 6.72. The SMILES string of the molecule is Cc1onc(-c2ccc(F)cn2)c1/C=C/C1=NCC(C(=O)NCCO)S1. The molecule has 1 unspecified atom stereocenters. The van der Waals surface area contributed by atoms with Gasteiger partial charge in [-0.3, -0.25) is 14.8 Å². The summed E-state index contributed by atoms with van der Waals surface area (Å²) in [5.41, 5.74) is 1.74. The van der Waals surface area contributed by atoms with Crippen LogP contribution in [0.1, 0.15) is 11.3 Å². The zero-order valence-electron chi connectivity index (χ0n) is 14.0. The predicted octanol–water partition coefficient (Wildman–Crippen LogP) is 1.82. The number of carbonyl (C=O) groups excluding carboxylic acids is 1. The molecule has 3 heterocycles. The molecule has 2 N–H and O–H groups in total. The van der Waals surface area contributed by atoms with Gasteiger partial charge < -0.3 is 14.9 Å². The number of aliphatic imine (C=N–C) groups is 1. The Morgan fingerprint density at radius 2 is 2.35 bits per heavy atom. The van der Waals surface area contributed by atoms with Crippen molar-refractivity contribution in [3.8, 4) is 11.4 Å². The highest BCUT2D eigenvalue weighted by atomic mass is 32.2. The van der Waals surface area contributed by atoms with E-state index in [2.05, 4.69) is 20.4 Å². The topological polar surface area (TPSA) is 101 Å². The van der Waals surface area contributed by atoms with Crippen molar-refractivity contribution in [2.75, 3.05) is 19.7 Å². The van der Waals surface area contributed by atoms with E-state index in [0.717, 1.165) is 11.8 Å². The van der Waals surface area contributed by atoms with Crippen molar-refractivity contribution in [1.82, 2.24) is 15.5 Å². The number of halogens is 1. The average molecular weight is 376 g/mol. The lowest BCUT2D eigenvalue weighted by Gasteiger charge is -2.07. The third kappa shape index (κ3) is 4.17. The van der Waals surface area contributed by atoms with E-state index in [1.165, 1.54) is 23.9 Å². The first kappa shape index (κ1) is 18.3. The number of thioether (sulfide) groups is 1. The Bertz CT molecular complexity index is 848. The summed E-state index contributed by atoms with van der Waals surface area (Å²) >= 11 is 1.35. The summed E-state index contributed by atoms with van der Waals surface area (Å²) in [6.45, 7) is 2.30. The van der Waals surface area contributed by atoms with Crippen molar-refractivity contribution < 1.29 is 18.8 Å². The first-order valence-corrected chi connectivity index (χ1v) is 8.82. The minimum Gasteiger partial charge on any atom is -0.395 e. The lowest BCUT2D eigenvalue weighted by molar-refractivity contribution is -0.120. The van der Waals surface area contributed by atoms with E-state index in [1.807, 2.05) is 0 Å². The zero-order valence-corrected chi connectivity index (χ0v) is 14.8. The molecular formula is C17H17FN4O3S. The Morgan fingerprint density at radius 1 is 1.50 bits per heavy atom. The molecular weight excluding hydrogens is 359 g/mol. The van der Waals surface area contributed by atoms with Gasteiger partial charge in [0.15, 0.2) is 0 Å². The van der Waals surface area contributed by atoms with E-state index in [-0.39, 0.29) is 24.3 Å². The zero-order chi connectivity index (χ0) is 18.5. The number of aliphatic hydroxyl groups is 1. The summed E-state index contributed by atoms with van der Waals surface area (Å²) in [4.78, 5) is 20.3. The van der Waals surface area contributed by atoms with Crippen LogP contribution >= 0.6 is 11.8 Å². The van der Waals surface area contributed by atoms with Crippen LogP contribution in [0.4, 0.5) is 4.39 Å². The number of aryl methyl sites for hydroxylation is 1. The molecule has 0 saturated carbocycles. The number of pyridine rings is 1. The summed E-state index contributed by atoms with van der Waals surface area (Å²) in [5, 5.41) is 15.8. The molecule has 0 bridgehead atoms. The molecule has 2 aromatic rings. The number of hydrogen-bond donors (Lipinski definition) is 2. The fourth-order valence-electron chi connectivity index (χ4n) is 2.35. The normalized spacial score (nSPS) is 16.9. The van der Waals surface area contributed by atoms with Crippen LogP contribution in [0, 0.1) is 12.7 Å². The molecule has 1 aliphatic heterocycles. The predicted molar refractivity (Wildman–Crippen MR) is 97.2 cm³/mol. The highest BCUT2D eigenvalue weighted by Gasteiger charge is 2.25. The molecule has 2 aromatic heterocycles. The summed E-state index contributed by atoms with van der Waals surface area (Å²) in [7, 11) is 0. The number of carbonyl (C=O) groups is 1. The fraction of sp³-hybridized carbons (Fsp3) is 0.294. The van der Waals surface area contributed by atoms with Crippen LogP contribution in [-0.2, 0) is 4.79 Å². The summed E-state index contributed by atoms with van der Waals surface area (Å²) in [6, 6.07) is 2.85. The molecule has 3 rings (SSSR count). The molecule has 1 amide bonds. The largest absolute Gasteiger partial charge is 0.395 e. The summed E-state index contributed by atoms with van der Waals surface area (Å²) in [5.74, 6) is 0.0325. The first-order chi connectivity index (χ1) is 12.6. The van der Waals surface area contributed by atoms with Crippen LogP contribution in [0.2, 0.25) is 0 Å². The van der Waals surface area contributed by atoms with Gasteiger partial charge in [-0.1, -0.05) is 16.9 Å². The molecule has 0 spiro atoms. The minimum atomic E-state index is -0.423.